The minimum absolute atomic E-state index is 0.0151. The van der Waals surface area contributed by atoms with Crippen LogP contribution in [0.4, 0.5) is 5.69 Å². The fourth-order valence-electron chi connectivity index (χ4n) is 3.30. The number of methoxy groups -OCH3 is 2. The van der Waals surface area contributed by atoms with Gasteiger partial charge in [0.25, 0.3) is 11.6 Å². The number of ether oxygens (including phenoxy) is 2. The predicted octanol–water partition coefficient (Wildman–Crippen LogP) is 3.24. The summed E-state index contributed by atoms with van der Waals surface area (Å²) in [5.74, 6) is 0.384. The second-order valence-electron chi connectivity index (χ2n) is 6.13. The van der Waals surface area contributed by atoms with Gasteiger partial charge in [0.15, 0.2) is 11.5 Å². The molecule has 2 aromatic carbocycles. The van der Waals surface area contributed by atoms with Crippen molar-refractivity contribution in [3.8, 4) is 11.5 Å². The van der Waals surface area contributed by atoms with E-state index in [1.807, 2.05) is 30.3 Å². The zero-order valence-corrected chi connectivity index (χ0v) is 14.7. The average Bonchev–Trinajstić information content (AvgIpc) is 3.17. The summed E-state index contributed by atoms with van der Waals surface area (Å²) in [6, 6.07) is 12.6. The molecule has 1 aliphatic heterocycles. The van der Waals surface area contributed by atoms with Crippen molar-refractivity contribution in [3.05, 3.63) is 63.7 Å². The molecule has 1 saturated heterocycles. The standard InChI is InChI=1S/C19H20N2O5/c1-25-17-10-15(16(21(23)24)11-18(17)26-2)19(22)20-9-8-14(12-20)13-6-4-3-5-7-13/h3-7,10-11,14H,8-9,12H2,1-2H3. The summed E-state index contributed by atoms with van der Waals surface area (Å²) in [6.45, 7) is 1.10. The molecule has 0 aliphatic carbocycles. The van der Waals surface area contributed by atoms with Crippen LogP contribution in [0.1, 0.15) is 28.3 Å². The number of likely N-dealkylation sites (tertiary alicyclic amines) is 1. The number of hydrogen-bond acceptors (Lipinski definition) is 5. The van der Waals surface area contributed by atoms with Crippen molar-refractivity contribution in [3.63, 3.8) is 0 Å². The number of amides is 1. The quantitative estimate of drug-likeness (QED) is 0.607. The molecule has 1 amide bonds. The number of benzene rings is 2. The summed E-state index contributed by atoms with van der Waals surface area (Å²) in [6.07, 6.45) is 0.830. The lowest BCUT2D eigenvalue weighted by Gasteiger charge is -2.18. The third-order valence-corrected chi connectivity index (χ3v) is 4.68. The lowest BCUT2D eigenvalue weighted by molar-refractivity contribution is -0.385. The number of rotatable bonds is 5. The van der Waals surface area contributed by atoms with Crippen molar-refractivity contribution in [1.82, 2.24) is 4.90 Å². The van der Waals surface area contributed by atoms with Crippen LogP contribution >= 0.6 is 0 Å². The maximum atomic E-state index is 12.9. The van der Waals surface area contributed by atoms with Crippen LogP contribution in [0.3, 0.4) is 0 Å². The number of nitro benzene ring substituents is 1. The molecule has 1 aliphatic rings. The molecule has 3 rings (SSSR count). The van der Waals surface area contributed by atoms with Gasteiger partial charge in [-0.1, -0.05) is 30.3 Å². The van der Waals surface area contributed by atoms with Crippen molar-refractivity contribution >= 4 is 11.6 Å². The maximum Gasteiger partial charge on any atom is 0.286 e. The van der Waals surface area contributed by atoms with Crippen LogP contribution in [0.2, 0.25) is 0 Å². The van der Waals surface area contributed by atoms with Crippen LogP contribution in [0, 0.1) is 10.1 Å². The second-order valence-corrected chi connectivity index (χ2v) is 6.13. The van der Waals surface area contributed by atoms with Crippen LogP contribution in [-0.2, 0) is 0 Å². The minimum Gasteiger partial charge on any atom is -0.493 e. The molecule has 1 unspecified atom stereocenters. The molecule has 0 saturated carbocycles. The first-order valence-electron chi connectivity index (χ1n) is 8.29. The predicted molar refractivity (Wildman–Crippen MR) is 95.9 cm³/mol. The van der Waals surface area contributed by atoms with Gasteiger partial charge in [0.2, 0.25) is 0 Å². The second kappa shape index (κ2) is 7.43. The van der Waals surface area contributed by atoms with Gasteiger partial charge in [0.1, 0.15) is 5.56 Å². The van der Waals surface area contributed by atoms with E-state index in [-0.39, 0.29) is 28.8 Å². The topological polar surface area (TPSA) is 81.9 Å². The van der Waals surface area contributed by atoms with E-state index in [9.17, 15) is 14.9 Å². The highest BCUT2D eigenvalue weighted by Crippen LogP contribution is 2.36. The Balaban J connectivity index is 1.89. The first-order chi connectivity index (χ1) is 12.5. The molecule has 7 nitrogen and oxygen atoms in total. The molecule has 1 heterocycles. The Morgan fingerprint density at radius 3 is 2.42 bits per heavy atom. The Labute approximate surface area is 151 Å². The molecule has 0 N–H and O–H groups in total. The fourth-order valence-corrected chi connectivity index (χ4v) is 3.30. The summed E-state index contributed by atoms with van der Waals surface area (Å²) in [5, 5.41) is 11.4. The highest BCUT2D eigenvalue weighted by Gasteiger charge is 2.32. The largest absolute Gasteiger partial charge is 0.493 e. The van der Waals surface area contributed by atoms with Crippen LogP contribution in [-0.4, -0.2) is 43.0 Å². The van der Waals surface area contributed by atoms with E-state index >= 15 is 0 Å². The Kier molecular flexibility index (Phi) is 5.06. The molecule has 0 spiro atoms. The molecule has 0 aromatic heterocycles. The average molecular weight is 356 g/mol. The van der Waals surface area contributed by atoms with Gasteiger partial charge in [0.05, 0.1) is 25.2 Å². The molecule has 1 fully saturated rings. The van der Waals surface area contributed by atoms with E-state index in [0.717, 1.165) is 6.42 Å². The van der Waals surface area contributed by atoms with Crippen molar-refractivity contribution in [2.24, 2.45) is 0 Å². The van der Waals surface area contributed by atoms with Gasteiger partial charge in [-0.15, -0.1) is 0 Å². The van der Waals surface area contributed by atoms with Crippen LogP contribution in [0.25, 0.3) is 0 Å². The molecule has 26 heavy (non-hydrogen) atoms. The minimum atomic E-state index is -0.570. The maximum absolute atomic E-state index is 12.9. The van der Waals surface area contributed by atoms with Gasteiger partial charge >= 0.3 is 0 Å². The Morgan fingerprint density at radius 2 is 1.81 bits per heavy atom. The zero-order chi connectivity index (χ0) is 18.7. The van der Waals surface area contributed by atoms with Gasteiger partial charge in [-0.05, 0) is 12.0 Å². The SMILES string of the molecule is COc1cc(C(=O)N2CCC(c3ccccc3)C2)c([N+](=O)[O-])cc1OC. The molecule has 136 valence electrons. The molecule has 7 heteroatoms. The fraction of sp³-hybridized carbons (Fsp3) is 0.316. The van der Waals surface area contributed by atoms with Gasteiger partial charge in [-0.25, -0.2) is 0 Å². The highest BCUT2D eigenvalue weighted by molar-refractivity contribution is 5.99. The molecule has 2 aromatic rings. The van der Waals surface area contributed by atoms with Crippen LogP contribution in [0.5, 0.6) is 11.5 Å². The van der Waals surface area contributed by atoms with Crippen molar-refractivity contribution in [1.29, 1.82) is 0 Å². The van der Waals surface area contributed by atoms with Gasteiger partial charge in [-0.3, -0.25) is 14.9 Å². The molecule has 0 radical (unpaired) electrons. The van der Waals surface area contributed by atoms with Crippen molar-refractivity contribution in [2.45, 2.75) is 12.3 Å². The van der Waals surface area contributed by atoms with E-state index in [1.165, 1.54) is 31.9 Å². The first kappa shape index (κ1) is 17.7. The van der Waals surface area contributed by atoms with E-state index in [4.69, 9.17) is 9.47 Å². The monoisotopic (exact) mass is 356 g/mol. The summed E-state index contributed by atoms with van der Waals surface area (Å²) < 4.78 is 10.3. The van der Waals surface area contributed by atoms with Crippen molar-refractivity contribution < 1.29 is 19.2 Å². The normalized spacial score (nSPS) is 16.4. The van der Waals surface area contributed by atoms with E-state index < -0.39 is 4.92 Å². The molecular formula is C19H20N2O5. The molecular weight excluding hydrogens is 336 g/mol. The number of hydrogen-bond donors (Lipinski definition) is 0. The Bertz CT molecular complexity index is 822. The number of carbonyl (C=O) groups is 1. The summed E-state index contributed by atoms with van der Waals surface area (Å²) in [4.78, 5) is 25.5. The van der Waals surface area contributed by atoms with Gasteiger partial charge in [-0.2, -0.15) is 0 Å². The van der Waals surface area contributed by atoms with Gasteiger partial charge < -0.3 is 14.4 Å². The highest BCUT2D eigenvalue weighted by atomic mass is 16.6. The molecule has 1 atom stereocenters. The Morgan fingerprint density at radius 1 is 1.15 bits per heavy atom. The van der Waals surface area contributed by atoms with Crippen molar-refractivity contribution in [2.75, 3.05) is 27.3 Å². The third-order valence-electron chi connectivity index (χ3n) is 4.68. The summed E-state index contributed by atoms with van der Waals surface area (Å²) in [5.41, 5.74) is 0.904. The van der Waals surface area contributed by atoms with E-state index in [1.54, 1.807) is 4.90 Å². The summed E-state index contributed by atoms with van der Waals surface area (Å²) in [7, 11) is 2.83. The zero-order valence-electron chi connectivity index (χ0n) is 14.7. The Hall–Kier alpha value is -3.09. The number of nitro groups is 1. The van der Waals surface area contributed by atoms with E-state index in [0.29, 0.717) is 18.8 Å². The van der Waals surface area contributed by atoms with Gasteiger partial charge in [0, 0.05) is 25.1 Å². The summed E-state index contributed by atoms with van der Waals surface area (Å²) >= 11 is 0. The lowest BCUT2D eigenvalue weighted by Crippen LogP contribution is -2.29. The number of carbonyl (C=O) groups excluding carboxylic acids is 1. The third kappa shape index (κ3) is 3.33. The van der Waals surface area contributed by atoms with E-state index in [2.05, 4.69) is 0 Å². The van der Waals surface area contributed by atoms with Crippen LogP contribution in [0.15, 0.2) is 42.5 Å². The lowest BCUT2D eigenvalue weighted by atomic mass is 9.99. The van der Waals surface area contributed by atoms with Crippen LogP contribution < -0.4 is 9.47 Å². The first-order valence-corrected chi connectivity index (χ1v) is 8.29. The number of nitrogens with zero attached hydrogens (tertiary/aromatic N) is 2. The smallest absolute Gasteiger partial charge is 0.286 e. The molecule has 0 bridgehead atoms.